The van der Waals surface area contributed by atoms with E-state index in [1.807, 2.05) is 26.0 Å². The molecule has 0 bridgehead atoms. The van der Waals surface area contributed by atoms with Crippen LogP contribution in [-0.4, -0.2) is 49.7 Å². The summed E-state index contributed by atoms with van der Waals surface area (Å²) in [5, 5.41) is 4.36. The molecule has 3 atom stereocenters. The number of aryl methyl sites for hydroxylation is 1. The highest BCUT2D eigenvalue weighted by Crippen LogP contribution is 2.48. The van der Waals surface area contributed by atoms with Crippen LogP contribution >= 0.6 is 0 Å². The molecule has 8 nitrogen and oxygen atoms in total. The maximum atomic E-state index is 13.6. The summed E-state index contributed by atoms with van der Waals surface area (Å²) in [6, 6.07) is 16.0. The Morgan fingerprint density at radius 1 is 0.974 bits per heavy atom. The first-order chi connectivity index (χ1) is 18.6. The number of hydrogen-bond donors (Lipinski definition) is 1. The Bertz CT molecular complexity index is 1550. The molecule has 1 aromatic carbocycles. The molecule has 1 amide bonds. The molecule has 0 unspecified atom stereocenters. The van der Waals surface area contributed by atoms with Crippen molar-refractivity contribution in [3.8, 4) is 28.5 Å². The molecule has 2 fully saturated rings. The predicted molar refractivity (Wildman–Crippen MR) is 141 cm³/mol. The standard InChI is InChI=1S/C29H28F2N6O2/c1-29(2,32)17-11-22(16-7-9-18(30)10-8-16)34-26(12-17)39-27-19-14-37(15-20(19)27)28(38)24-13-23(35-36(24)3)21-5-4-6-25(31)33-21/h4-13,19-20,27H,14-15,32H2,1-3H3/t19-,20+,27+. The lowest BCUT2D eigenvalue weighted by molar-refractivity contribution is 0.0740. The van der Waals surface area contributed by atoms with E-state index in [0.29, 0.717) is 41.7 Å². The third-order valence-corrected chi connectivity index (χ3v) is 7.42. The minimum absolute atomic E-state index is 0.0580. The Hall–Kier alpha value is -4.18. The highest BCUT2D eigenvalue weighted by molar-refractivity contribution is 5.94. The van der Waals surface area contributed by atoms with Crippen molar-refractivity contribution in [2.75, 3.05) is 13.1 Å². The number of rotatable bonds is 6. The summed E-state index contributed by atoms with van der Waals surface area (Å²) in [5.74, 6) is -0.210. The molecule has 6 rings (SSSR count). The highest BCUT2D eigenvalue weighted by atomic mass is 19.1. The number of carbonyl (C=O) groups excluding carboxylic acids is 1. The molecule has 2 aliphatic rings. The van der Waals surface area contributed by atoms with Crippen molar-refractivity contribution in [1.82, 2.24) is 24.6 Å². The van der Waals surface area contributed by atoms with Crippen molar-refractivity contribution in [3.63, 3.8) is 0 Å². The average molecular weight is 531 g/mol. The monoisotopic (exact) mass is 530 g/mol. The Labute approximate surface area is 224 Å². The lowest BCUT2D eigenvalue weighted by Crippen LogP contribution is -2.34. The van der Waals surface area contributed by atoms with Crippen LogP contribution in [0.3, 0.4) is 0 Å². The van der Waals surface area contributed by atoms with Gasteiger partial charge in [-0.2, -0.15) is 9.49 Å². The fourth-order valence-corrected chi connectivity index (χ4v) is 5.16. The summed E-state index contributed by atoms with van der Waals surface area (Å²) in [7, 11) is 1.69. The molecule has 1 saturated heterocycles. The van der Waals surface area contributed by atoms with Gasteiger partial charge in [0.15, 0.2) is 0 Å². The quantitative estimate of drug-likeness (QED) is 0.376. The molecule has 39 heavy (non-hydrogen) atoms. The number of hydrogen-bond acceptors (Lipinski definition) is 6. The van der Waals surface area contributed by atoms with E-state index in [2.05, 4.69) is 15.1 Å². The number of fused-ring (bicyclic) bond motifs is 1. The number of benzene rings is 1. The van der Waals surface area contributed by atoms with Crippen LogP contribution in [0.15, 0.2) is 60.7 Å². The van der Waals surface area contributed by atoms with Crippen molar-refractivity contribution in [1.29, 1.82) is 0 Å². The number of halogens is 2. The van der Waals surface area contributed by atoms with Crippen LogP contribution in [0.5, 0.6) is 5.88 Å². The van der Waals surface area contributed by atoms with E-state index in [9.17, 15) is 13.6 Å². The van der Waals surface area contributed by atoms with Gasteiger partial charge in [-0.15, -0.1) is 0 Å². The molecule has 0 radical (unpaired) electrons. The largest absolute Gasteiger partial charge is 0.474 e. The molecule has 200 valence electrons. The number of nitrogens with zero attached hydrogens (tertiary/aromatic N) is 5. The second-order valence-corrected chi connectivity index (χ2v) is 10.8. The second-order valence-electron chi connectivity index (χ2n) is 10.8. The molecule has 1 saturated carbocycles. The van der Waals surface area contributed by atoms with Crippen LogP contribution in [0.1, 0.15) is 29.9 Å². The van der Waals surface area contributed by atoms with E-state index >= 15 is 0 Å². The summed E-state index contributed by atoms with van der Waals surface area (Å²) in [6.45, 7) is 4.92. The van der Waals surface area contributed by atoms with Crippen molar-refractivity contribution < 1.29 is 18.3 Å². The van der Waals surface area contributed by atoms with Gasteiger partial charge in [0.25, 0.3) is 5.91 Å². The maximum Gasteiger partial charge on any atom is 0.272 e. The lowest BCUT2D eigenvalue weighted by atomic mass is 9.95. The third-order valence-electron chi connectivity index (χ3n) is 7.42. The predicted octanol–water partition coefficient (Wildman–Crippen LogP) is 4.17. The van der Waals surface area contributed by atoms with Crippen molar-refractivity contribution in [2.24, 2.45) is 24.6 Å². The number of amides is 1. The second kappa shape index (κ2) is 9.23. The molecule has 0 spiro atoms. The van der Waals surface area contributed by atoms with Crippen molar-refractivity contribution in [3.05, 3.63) is 83.7 Å². The molecular weight excluding hydrogens is 502 g/mol. The first-order valence-electron chi connectivity index (χ1n) is 12.8. The van der Waals surface area contributed by atoms with Gasteiger partial charge >= 0.3 is 0 Å². The number of likely N-dealkylation sites (tertiary alicyclic amines) is 1. The smallest absolute Gasteiger partial charge is 0.272 e. The molecule has 4 heterocycles. The number of aromatic nitrogens is 4. The minimum atomic E-state index is -0.624. The van der Waals surface area contributed by atoms with Crippen LogP contribution in [0.25, 0.3) is 22.6 Å². The SMILES string of the molecule is Cn1nc(-c2cccc(F)n2)cc1C(=O)N1C[C@@H]2[C@H](C1)[C@H]2Oc1cc(C(C)(C)N)cc(-c2ccc(F)cc2)n1. The Kier molecular flexibility index (Phi) is 5.95. The zero-order chi connectivity index (χ0) is 27.5. The van der Waals surface area contributed by atoms with Gasteiger partial charge < -0.3 is 15.4 Å². The number of piperidine rings is 1. The van der Waals surface area contributed by atoms with E-state index in [4.69, 9.17) is 10.5 Å². The van der Waals surface area contributed by atoms with Crippen LogP contribution in [0.4, 0.5) is 8.78 Å². The summed E-state index contributed by atoms with van der Waals surface area (Å²) in [5.41, 5.74) is 9.27. The summed E-state index contributed by atoms with van der Waals surface area (Å²) in [4.78, 5) is 23.6. The molecule has 1 aliphatic heterocycles. The molecule has 4 aromatic rings. The van der Waals surface area contributed by atoms with Gasteiger partial charge in [0.2, 0.25) is 11.8 Å². The van der Waals surface area contributed by atoms with E-state index in [-0.39, 0.29) is 29.7 Å². The topological polar surface area (TPSA) is 99.2 Å². The van der Waals surface area contributed by atoms with Gasteiger partial charge in [0.1, 0.15) is 23.3 Å². The number of pyridine rings is 2. The first kappa shape index (κ1) is 25.1. The Balaban J connectivity index is 1.16. The van der Waals surface area contributed by atoms with Crippen LogP contribution < -0.4 is 10.5 Å². The Morgan fingerprint density at radius 2 is 1.69 bits per heavy atom. The van der Waals surface area contributed by atoms with Gasteiger partial charge in [0, 0.05) is 49.1 Å². The maximum absolute atomic E-state index is 13.6. The molecule has 3 aromatic heterocycles. The van der Waals surface area contributed by atoms with Crippen molar-refractivity contribution in [2.45, 2.75) is 25.5 Å². The van der Waals surface area contributed by atoms with E-state index in [1.54, 1.807) is 42.3 Å². The highest BCUT2D eigenvalue weighted by Gasteiger charge is 2.59. The fourth-order valence-electron chi connectivity index (χ4n) is 5.16. The Morgan fingerprint density at radius 3 is 2.36 bits per heavy atom. The summed E-state index contributed by atoms with van der Waals surface area (Å²) < 4.78 is 34.8. The van der Waals surface area contributed by atoms with Crippen molar-refractivity contribution >= 4 is 5.91 Å². The molecule has 10 heteroatoms. The number of nitrogens with two attached hydrogens (primary N) is 1. The zero-order valence-electron chi connectivity index (χ0n) is 21.8. The van der Waals surface area contributed by atoms with Crippen LogP contribution in [0, 0.1) is 23.6 Å². The number of ether oxygens (including phenoxy) is 1. The lowest BCUT2D eigenvalue weighted by Gasteiger charge is -2.22. The zero-order valence-corrected chi connectivity index (χ0v) is 21.8. The van der Waals surface area contributed by atoms with E-state index in [1.165, 1.54) is 22.9 Å². The molecular formula is C29H28F2N6O2. The van der Waals surface area contributed by atoms with E-state index in [0.717, 1.165) is 11.1 Å². The van der Waals surface area contributed by atoms with Crippen LogP contribution in [0.2, 0.25) is 0 Å². The van der Waals surface area contributed by atoms with Gasteiger partial charge in [-0.3, -0.25) is 9.48 Å². The van der Waals surface area contributed by atoms with Gasteiger partial charge in [-0.1, -0.05) is 6.07 Å². The first-order valence-corrected chi connectivity index (χ1v) is 12.8. The minimum Gasteiger partial charge on any atom is -0.474 e. The normalized spacial score (nSPS) is 20.2. The van der Waals surface area contributed by atoms with E-state index < -0.39 is 11.5 Å². The third kappa shape index (κ3) is 4.87. The van der Waals surface area contributed by atoms with Crippen LogP contribution in [-0.2, 0) is 12.6 Å². The fraction of sp³-hybridized carbons (Fsp3) is 0.310. The molecule has 1 aliphatic carbocycles. The van der Waals surface area contributed by atoms with Gasteiger partial charge in [0.05, 0.1) is 11.4 Å². The average Bonchev–Trinajstić information content (AvgIpc) is 3.21. The summed E-state index contributed by atoms with van der Waals surface area (Å²) >= 11 is 0. The summed E-state index contributed by atoms with van der Waals surface area (Å²) in [6.07, 6.45) is -0.0580. The molecule has 2 N–H and O–H groups in total. The number of carbonyl (C=O) groups is 1. The van der Waals surface area contributed by atoms with Gasteiger partial charge in [-0.05, 0) is 67.9 Å². The van der Waals surface area contributed by atoms with Gasteiger partial charge in [-0.25, -0.2) is 14.4 Å².